The average Bonchev–Trinajstić information content (AvgIpc) is 2.31. The minimum Gasteiger partial charge on any atom is -0.461 e. The fourth-order valence-corrected chi connectivity index (χ4v) is 1.48. The molecule has 0 bridgehead atoms. The van der Waals surface area contributed by atoms with Gasteiger partial charge in [0, 0.05) is 25.5 Å². The maximum absolute atomic E-state index is 11.6. The standard InChI is InChI=1S/C11H15ClN2O3/c1-3-17-10(15)9-8(5-4-6-16-2)7-13-11(12)14-9/h7H,3-6H2,1-2H3. The molecule has 0 N–H and O–H groups in total. The van der Waals surface area contributed by atoms with Crippen LogP contribution in [-0.2, 0) is 15.9 Å². The number of rotatable bonds is 6. The number of methoxy groups -OCH3 is 1. The van der Waals surface area contributed by atoms with E-state index >= 15 is 0 Å². The molecule has 1 heterocycles. The molecule has 0 radical (unpaired) electrons. The molecule has 0 atom stereocenters. The highest BCUT2D eigenvalue weighted by atomic mass is 35.5. The van der Waals surface area contributed by atoms with Crippen molar-refractivity contribution in [2.75, 3.05) is 20.3 Å². The van der Waals surface area contributed by atoms with Gasteiger partial charge in [-0.05, 0) is 31.4 Å². The molecule has 0 aliphatic rings. The van der Waals surface area contributed by atoms with Crippen LogP contribution in [0, 0.1) is 0 Å². The van der Waals surface area contributed by atoms with Gasteiger partial charge in [0.2, 0.25) is 5.28 Å². The highest BCUT2D eigenvalue weighted by Crippen LogP contribution is 2.12. The maximum Gasteiger partial charge on any atom is 0.357 e. The summed E-state index contributed by atoms with van der Waals surface area (Å²) in [7, 11) is 1.63. The molecule has 94 valence electrons. The van der Waals surface area contributed by atoms with E-state index in [4.69, 9.17) is 21.1 Å². The lowest BCUT2D eigenvalue weighted by Gasteiger charge is -2.07. The molecule has 0 spiro atoms. The van der Waals surface area contributed by atoms with Crippen molar-refractivity contribution in [1.29, 1.82) is 0 Å². The van der Waals surface area contributed by atoms with Crippen molar-refractivity contribution in [1.82, 2.24) is 9.97 Å². The molecule has 1 aromatic rings. The Hall–Kier alpha value is -1.20. The molecule has 0 saturated carbocycles. The predicted octanol–water partition coefficient (Wildman–Crippen LogP) is 1.89. The van der Waals surface area contributed by atoms with Gasteiger partial charge in [-0.25, -0.2) is 14.8 Å². The van der Waals surface area contributed by atoms with Gasteiger partial charge in [-0.1, -0.05) is 0 Å². The van der Waals surface area contributed by atoms with Gasteiger partial charge < -0.3 is 9.47 Å². The van der Waals surface area contributed by atoms with Crippen LogP contribution in [0.3, 0.4) is 0 Å². The molecular weight excluding hydrogens is 244 g/mol. The molecule has 1 rings (SSSR count). The van der Waals surface area contributed by atoms with E-state index in [1.54, 1.807) is 20.2 Å². The van der Waals surface area contributed by atoms with E-state index in [9.17, 15) is 4.79 Å². The molecule has 1 aromatic heterocycles. The summed E-state index contributed by atoms with van der Waals surface area (Å²) in [5, 5.41) is 0.0449. The summed E-state index contributed by atoms with van der Waals surface area (Å²) in [5.74, 6) is -0.468. The van der Waals surface area contributed by atoms with Crippen LogP contribution in [0.25, 0.3) is 0 Å². The second kappa shape index (κ2) is 7.19. The summed E-state index contributed by atoms with van der Waals surface area (Å²) in [6, 6.07) is 0. The summed E-state index contributed by atoms with van der Waals surface area (Å²) < 4.78 is 9.86. The zero-order chi connectivity index (χ0) is 12.7. The van der Waals surface area contributed by atoms with Crippen LogP contribution < -0.4 is 0 Å². The van der Waals surface area contributed by atoms with E-state index < -0.39 is 5.97 Å². The van der Waals surface area contributed by atoms with Crippen molar-refractivity contribution in [2.45, 2.75) is 19.8 Å². The summed E-state index contributed by atoms with van der Waals surface area (Å²) in [4.78, 5) is 19.4. The smallest absolute Gasteiger partial charge is 0.357 e. The van der Waals surface area contributed by atoms with Crippen LogP contribution in [0.4, 0.5) is 0 Å². The third-order valence-corrected chi connectivity index (χ3v) is 2.28. The molecule has 0 unspecified atom stereocenters. The number of aromatic nitrogens is 2. The number of carbonyl (C=O) groups is 1. The van der Waals surface area contributed by atoms with E-state index in [0.717, 1.165) is 12.0 Å². The quantitative estimate of drug-likeness (QED) is 0.443. The average molecular weight is 259 g/mol. The fourth-order valence-electron chi connectivity index (χ4n) is 1.35. The van der Waals surface area contributed by atoms with Crippen LogP contribution in [0.15, 0.2) is 6.20 Å². The third-order valence-electron chi connectivity index (χ3n) is 2.10. The number of halogens is 1. The first-order valence-corrected chi connectivity index (χ1v) is 5.74. The first-order chi connectivity index (χ1) is 8.19. The first-order valence-electron chi connectivity index (χ1n) is 5.36. The highest BCUT2D eigenvalue weighted by Gasteiger charge is 2.15. The predicted molar refractivity (Wildman–Crippen MR) is 63.2 cm³/mol. The molecule has 0 fully saturated rings. The normalized spacial score (nSPS) is 10.3. The lowest BCUT2D eigenvalue weighted by molar-refractivity contribution is 0.0517. The van der Waals surface area contributed by atoms with E-state index in [2.05, 4.69) is 9.97 Å². The lowest BCUT2D eigenvalue weighted by Crippen LogP contribution is -2.12. The molecule has 0 saturated heterocycles. The van der Waals surface area contributed by atoms with Crippen LogP contribution in [0.5, 0.6) is 0 Å². The monoisotopic (exact) mass is 258 g/mol. The molecule has 0 aliphatic carbocycles. The van der Waals surface area contributed by atoms with E-state index in [-0.39, 0.29) is 11.0 Å². The van der Waals surface area contributed by atoms with Gasteiger partial charge in [0.15, 0.2) is 5.69 Å². The number of esters is 1. The first kappa shape index (κ1) is 13.9. The van der Waals surface area contributed by atoms with Crippen LogP contribution in [0.1, 0.15) is 29.4 Å². The van der Waals surface area contributed by atoms with E-state index in [1.807, 2.05) is 0 Å². The summed E-state index contributed by atoms with van der Waals surface area (Å²) >= 11 is 5.67. The highest BCUT2D eigenvalue weighted by molar-refractivity contribution is 6.28. The van der Waals surface area contributed by atoms with Crippen molar-refractivity contribution < 1.29 is 14.3 Å². The Kier molecular flexibility index (Phi) is 5.86. The second-order valence-corrected chi connectivity index (χ2v) is 3.67. The largest absolute Gasteiger partial charge is 0.461 e. The molecule has 0 aromatic carbocycles. The number of ether oxygens (including phenoxy) is 2. The van der Waals surface area contributed by atoms with Crippen molar-refractivity contribution in [3.05, 3.63) is 22.7 Å². The van der Waals surface area contributed by atoms with Crippen molar-refractivity contribution >= 4 is 17.6 Å². The molecule has 17 heavy (non-hydrogen) atoms. The summed E-state index contributed by atoms with van der Waals surface area (Å²) in [5.41, 5.74) is 0.966. The van der Waals surface area contributed by atoms with E-state index in [1.165, 1.54) is 0 Å². The Morgan fingerprint density at radius 3 is 2.94 bits per heavy atom. The van der Waals surface area contributed by atoms with E-state index in [0.29, 0.717) is 19.6 Å². The number of nitrogens with zero attached hydrogens (tertiary/aromatic N) is 2. The number of aryl methyl sites for hydroxylation is 1. The number of hydrogen-bond acceptors (Lipinski definition) is 5. The molecule has 5 nitrogen and oxygen atoms in total. The third kappa shape index (κ3) is 4.28. The zero-order valence-corrected chi connectivity index (χ0v) is 10.7. The van der Waals surface area contributed by atoms with Crippen molar-refractivity contribution in [3.63, 3.8) is 0 Å². The Labute approximate surface area is 105 Å². The molecular formula is C11H15ClN2O3. The Bertz CT molecular complexity index is 385. The topological polar surface area (TPSA) is 61.3 Å². The van der Waals surface area contributed by atoms with Crippen molar-refractivity contribution in [3.8, 4) is 0 Å². The minimum atomic E-state index is -0.468. The van der Waals surface area contributed by atoms with Gasteiger partial charge in [-0.3, -0.25) is 0 Å². The fraction of sp³-hybridized carbons (Fsp3) is 0.545. The Morgan fingerprint density at radius 2 is 2.29 bits per heavy atom. The summed E-state index contributed by atoms with van der Waals surface area (Å²) in [6.07, 6.45) is 2.99. The second-order valence-electron chi connectivity index (χ2n) is 3.33. The zero-order valence-electron chi connectivity index (χ0n) is 9.90. The van der Waals surface area contributed by atoms with Gasteiger partial charge in [0.1, 0.15) is 0 Å². The molecule has 6 heteroatoms. The Morgan fingerprint density at radius 1 is 1.53 bits per heavy atom. The number of hydrogen-bond donors (Lipinski definition) is 0. The lowest BCUT2D eigenvalue weighted by atomic mass is 10.1. The van der Waals surface area contributed by atoms with Crippen LogP contribution >= 0.6 is 11.6 Å². The maximum atomic E-state index is 11.6. The molecule has 0 aliphatic heterocycles. The van der Waals surface area contributed by atoms with Gasteiger partial charge in [0.05, 0.1) is 6.61 Å². The van der Waals surface area contributed by atoms with Gasteiger partial charge in [0.25, 0.3) is 0 Å². The SMILES string of the molecule is CCOC(=O)c1nc(Cl)ncc1CCCOC. The van der Waals surface area contributed by atoms with Crippen LogP contribution in [0.2, 0.25) is 5.28 Å². The van der Waals surface area contributed by atoms with Crippen molar-refractivity contribution in [2.24, 2.45) is 0 Å². The number of carbonyl (C=O) groups excluding carboxylic acids is 1. The molecule has 0 amide bonds. The van der Waals surface area contributed by atoms with Gasteiger partial charge >= 0.3 is 5.97 Å². The summed E-state index contributed by atoms with van der Waals surface area (Å²) in [6.45, 7) is 2.66. The Balaban J connectivity index is 2.83. The van der Waals surface area contributed by atoms with Gasteiger partial charge in [-0.15, -0.1) is 0 Å². The minimum absolute atomic E-state index is 0.0449. The van der Waals surface area contributed by atoms with Crippen LogP contribution in [-0.4, -0.2) is 36.3 Å². The van der Waals surface area contributed by atoms with Gasteiger partial charge in [-0.2, -0.15) is 0 Å².